The van der Waals surface area contributed by atoms with E-state index in [4.69, 9.17) is 0 Å². The summed E-state index contributed by atoms with van der Waals surface area (Å²) in [4.78, 5) is 0. The first-order valence-electron chi connectivity index (χ1n) is 6.51. The van der Waals surface area contributed by atoms with E-state index >= 15 is 0 Å². The molecule has 2 rings (SSSR count). The highest BCUT2D eigenvalue weighted by Gasteiger charge is 2.05. The molecule has 0 saturated carbocycles. The topological polar surface area (TPSA) is 20.2 Å². The van der Waals surface area contributed by atoms with Crippen LogP contribution in [0.25, 0.3) is 0 Å². The average Bonchev–Trinajstić information content (AvgIpc) is 2.38. The van der Waals surface area contributed by atoms with Crippen LogP contribution < -0.4 is 0 Å². The molecule has 0 aliphatic rings. The Labute approximate surface area is 109 Å². The van der Waals surface area contributed by atoms with Crippen molar-refractivity contribution in [2.45, 2.75) is 32.3 Å². The van der Waals surface area contributed by atoms with Crippen LogP contribution in [-0.2, 0) is 12.8 Å². The molecule has 0 fully saturated rings. The van der Waals surface area contributed by atoms with E-state index in [-0.39, 0.29) is 6.10 Å². The van der Waals surface area contributed by atoms with Gasteiger partial charge in [-0.05, 0) is 37.3 Å². The van der Waals surface area contributed by atoms with Crippen LogP contribution in [0.2, 0.25) is 0 Å². The number of aryl methyl sites for hydroxylation is 2. The molecule has 1 atom stereocenters. The zero-order chi connectivity index (χ0) is 12.8. The van der Waals surface area contributed by atoms with Gasteiger partial charge in [-0.2, -0.15) is 0 Å². The minimum absolute atomic E-state index is 0.257. The van der Waals surface area contributed by atoms with E-state index in [9.17, 15) is 5.11 Å². The van der Waals surface area contributed by atoms with E-state index in [1.54, 1.807) is 0 Å². The summed E-state index contributed by atoms with van der Waals surface area (Å²) in [6.45, 7) is 2.10. The van der Waals surface area contributed by atoms with Crippen molar-refractivity contribution in [1.29, 1.82) is 0 Å². The van der Waals surface area contributed by atoms with E-state index in [0.29, 0.717) is 0 Å². The second-order valence-electron chi connectivity index (χ2n) is 4.87. The Morgan fingerprint density at radius 2 is 1.67 bits per heavy atom. The van der Waals surface area contributed by atoms with Gasteiger partial charge < -0.3 is 5.11 Å². The van der Waals surface area contributed by atoms with Gasteiger partial charge in [0.1, 0.15) is 0 Å². The largest absolute Gasteiger partial charge is 0.393 e. The summed E-state index contributed by atoms with van der Waals surface area (Å²) in [5.74, 6) is 0. The molecule has 0 amide bonds. The van der Waals surface area contributed by atoms with Crippen molar-refractivity contribution in [3.05, 3.63) is 71.3 Å². The molecule has 0 radical (unpaired) electrons. The Kier molecular flexibility index (Phi) is 4.54. The molecular weight excluding hydrogens is 220 g/mol. The third-order valence-corrected chi connectivity index (χ3v) is 3.16. The summed E-state index contributed by atoms with van der Waals surface area (Å²) >= 11 is 0. The van der Waals surface area contributed by atoms with Gasteiger partial charge in [-0.3, -0.25) is 0 Å². The van der Waals surface area contributed by atoms with Crippen molar-refractivity contribution in [2.75, 3.05) is 0 Å². The fourth-order valence-electron chi connectivity index (χ4n) is 2.19. The fraction of sp³-hybridized carbons (Fsp3) is 0.294. The van der Waals surface area contributed by atoms with E-state index < -0.39 is 0 Å². The number of hydrogen-bond acceptors (Lipinski definition) is 1. The smallest absolute Gasteiger partial charge is 0.0583 e. The summed E-state index contributed by atoms with van der Waals surface area (Å²) in [6.07, 6.45) is 2.24. The Balaban J connectivity index is 1.83. The van der Waals surface area contributed by atoms with Gasteiger partial charge in [0.05, 0.1) is 6.10 Å². The standard InChI is InChI=1S/C17H20O/c1-14-6-5-9-16(12-14)10-11-17(18)13-15-7-3-2-4-8-15/h2-9,12,17-18H,10-11,13H2,1H3. The molecule has 0 aromatic heterocycles. The average molecular weight is 240 g/mol. The van der Waals surface area contributed by atoms with Crippen LogP contribution in [0.15, 0.2) is 54.6 Å². The summed E-state index contributed by atoms with van der Waals surface area (Å²) in [6, 6.07) is 18.7. The molecule has 2 aromatic carbocycles. The van der Waals surface area contributed by atoms with Crippen molar-refractivity contribution in [1.82, 2.24) is 0 Å². The van der Waals surface area contributed by atoms with Crippen molar-refractivity contribution in [3.8, 4) is 0 Å². The monoisotopic (exact) mass is 240 g/mol. The summed E-state index contributed by atoms with van der Waals surface area (Å²) in [5.41, 5.74) is 3.79. The molecule has 0 spiro atoms. The molecule has 1 nitrogen and oxygen atoms in total. The van der Waals surface area contributed by atoms with Crippen molar-refractivity contribution >= 4 is 0 Å². The lowest BCUT2D eigenvalue weighted by Gasteiger charge is -2.10. The van der Waals surface area contributed by atoms with E-state index in [0.717, 1.165) is 19.3 Å². The third-order valence-electron chi connectivity index (χ3n) is 3.16. The molecule has 1 N–H and O–H groups in total. The predicted molar refractivity (Wildman–Crippen MR) is 75.7 cm³/mol. The van der Waals surface area contributed by atoms with Crippen LogP contribution in [0, 0.1) is 6.92 Å². The number of aliphatic hydroxyl groups is 1. The molecule has 0 bridgehead atoms. The van der Waals surface area contributed by atoms with Crippen LogP contribution in [0.1, 0.15) is 23.1 Å². The first kappa shape index (κ1) is 12.8. The van der Waals surface area contributed by atoms with Gasteiger partial charge in [0, 0.05) is 0 Å². The molecule has 0 saturated heterocycles. The Morgan fingerprint density at radius 1 is 0.944 bits per heavy atom. The van der Waals surface area contributed by atoms with Gasteiger partial charge in [-0.25, -0.2) is 0 Å². The van der Waals surface area contributed by atoms with E-state index in [1.807, 2.05) is 18.2 Å². The van der Waals surface area contributed by atoms with Gasteiger partial charge in [0.2, 0.25) is 0 Å². The van der Waals surface area contributed by atoms with Crippen LogP contribution in [0.4, 0.5) is 0 Å². The van der Waals surface area contributed by atoms with Gasteiger partial charge in [0.15, 0.2) is 0 Å². The molecule has 1 unspecified atom stereocenters. The van der Waals surface area contributed by atoms with E-state index in [1.165, 1.54) is 16.7 Å². The number of aliphatic hydroxyl groups excluding tert-OH is 1. The normalized spacial score (nSPS) is 12.3. The summed E-state index contributed by atoms with van der Waals surface area (Å²) < 4.78 is 0. The van der Waals surface area contributed by atoms with Crippen LogP contribution >= 0.6 is 0 Å². The molecule has 18 heavy (non-hydrogen) atoms. The van der Waals surface area contributed by atoms with Gasteiger partial charge in [0.25, 0.3) is 0 Å². The number of hydrogen-bond donors (Lipinski definition) is 1. The van der Waals surface area contributed by atoms with Crippen molar-refractivity contribution < 1.29 is 5.11 Å². The molecule has 94 valence electrons. The van der Waals surface area contributed by atoms with Crippen LogP contribution in [0.5, 0.6) is 0 Å². The van der Waals surface area contributed by atoms with Crippen molar-refractivity contribution in [3.63, 3.8) is 0 Å². The maximum absolute atomic E-state index is 10.0. The first-order chi connectivity index (χ1) is 8.74. The molecule has 0 aliphatic carbocycles. The highest BCUT2D eigenvalue weighted by atomic mass is 16.3. The molecule has 1 heteroatoms. The van der Waals surface area contributed by atoms with Gasteiger partial charge >= 0.3 is 0 Å². The zero-order valence-corrected chi connectivity index (χ0v) is 10.8. The minimum atomic E-state index is -0.257. The van der Waals surface area contributed by atoms with Crippen LogP contribution in [0.3, 0.4) is 0 Å². The quantitative estimate of drug-likeness (QED) is 0.847. The third kappa shape index (κ3) is 4.01. The molecule has 0 heterocycles. The molecular formula is C17H20O. The highest BCUT2D eigenvalue weighted by Crippen LogP contribution is 2.11. The Morgan fingerprint density at radius 3 is 2.39 bits per heavy atom. The van der Waals surface area contributed by atoms with Gasteiger partial charge in [-0.15, -0.1) is 0 Å². The predicted octanol–water partition coefficient (Wildman–Crippen LogP) is 3.53. The van der Waals surface area contributed by atoms with E-state index in [2.05, 4.69) is 43.3 Å². The maximum Gasteiger partial charge on any atom is 0.0583 e. The lowest BCUT2D eigenvalue weighted by molar-refractivity contribution is 0.165. The van der Waals surface area contributed by atoms with Crippen molar-refractivity contribution in [2.24, 2.45) is 0 Å². The Hall–Kier alpha value is -1.60. The second-order valence-corrected chi connectivity index (χ2v) is 4.87. The Bertz CT molecular complexity index is 476. The minimum Gasteiger partial charge on any atom is -0.393 e. The highest BCUT2D eigenvalue weighted by molar-refractivity contribution is 5.22. The lowest BCUT2D eigenvalue weighted by Crippen LogP contribution is -2.11. The lowest BCUT2D eigenvalue weighted by atomic mass is 10.0. The molecule has 2 aromatic rings. The first-order valence-corrected chi connectivity index (χ1v) is 6.51. The zero-order valence-electron chi connectivity index (χ0n) is 10.8. The van der Waals surface area contributed by atoms with Crippen LogP contribution in [-0.4, -0.2) is 11.2 Å². The van der Waals surface area contributed by atoms with Gasteiger partial charge in [-0.1, -0.05) is 60.2 Å². The second kappa shape index (κ2) is 6.36. The SMILES string of the molecule is Cc1cccc(CCC(O)Cc2ccccc2)c1. The summed E-state index contributed by atoms with van der Waals surface area (Å²) in [5, 5.41) is 10.0. The molecule has 0 aliphatic heterocycles. The summed E-state index contributed by atoms with van der Waals surface area (Å²) in [7, 11) is 0. The number of rotatable bonds is 5. The fourth-order valence-corrected chi connectivity index (χ4v) is 2.19. The number of benzene rings is 2. The maximum atomic E-state index is 10.0.